The van der Waals surface area contributed by atoms with Gasteiger partial charge in [-0.25, -0.2) is 4.79 Å². The van der Waals surface area contributed by atoms with E-state index < -0.39 is 5.97 Å². The fraction of sp³-hybridized carbons (Fsp3) is 0.0909. The number of halogens is 2. The Morgan fingerprint density at radius 2 is 1.07 bits per heavy atom. The molecule has 0 unspecified atom stereocenters. The van der Waals surface area contributed by atoms with Crippen molar-refractivity contribution in [2.24, 2.45) is 0 Å². The summed E-state index contributed by atoms with van der Waals surface area (Å²) >= 11 is 12.1. The van der Waals surface area contributed by atoms with Crippen molar-refractivity contribution in [3.05, 3.63) is 178 Å². The zero-order chi connectivity index (χ0) is 38.3. The summed E-state index contributed by atoms with van der Waals surface area (Å²) in [4.78, 5) is 23.5. The highest BCUT2D eigenvalue weighted by Gasteiger charge is 2.13. The highest BCUT2D eigenvalue weighted by Crippen LogP contribution is 2.30. The number of nitrogens with one attached hydrogen (secondary N) is 1. The van der Waals surface area contributed by atoms with Crippen molar-refractivity contribution < 1.29 is 19.8 Å². The SMILES string of the molecule is O=C(NCCO)c1cccc(-c2cccc3nn(Cc4cccc(Cl)c4)cc23)c1.O=C(O)c1cccc(-c2cccc3nn(Cc4cccc(Cl)c4)cc23)c1. The number of carbonyl (C=O) groups is 2. The number of aromatic nitrogens is 4. The molecule has 0 saturated heterocycles. The standard InChI is InChI=1S/C23H20ClN3O2.C21H15ClN2O2/c24-19-7-1-4-16(12-19)14-27-15-21-20(8-3-9-22(21)26-27)17-5-2-6-18(13-17)23(29)25-10-11-28;22-17-7-1-4-14(10-17)12-24-13-19-18(8-3-9-20(19)23-24)15-5-2-6-16(11-15)21(25)26/h1-9,12-13,15,28H,10-11,14H2,(H,25,29);1-11,13H,12H2,(H,25,26). The van der Waals surface area contributed by atoms with E-state index in [1.54, 1.807) is 24.3 Å². The number of carboxylic acids is 1. The third-order valence-corrected chi connectivity index (χ3v) is 9.39. The Hall–Kier alpha value is -6.26. The number of benzene rings is 6. The normalized spacial score (nSPS) is 11.0. The van der Waals surface area contributed by atoms with E-state index in [1.807, 2.05) is 131 Å². The van der Waals surface area contributed by atoms with Gasteiger partial charge in [0.1, 0.15) is 0 Å². The Kier molecular flexibility index (Phi) is 11.3. The lowest BCUT2D eigenvalue weighted by atomic mass is 10.00. The molecule has 2 heterocycles. The second-order valence-electron chi connectivity index (χ2n) is 12.8. The molecule has 0 atom stereocenters. The van der Waals surface area contributed by atoms with E-state index >= 15 is 0 Å². The zero-order valence-electron chi connectivity index (χ0n) is 29.4. The first-order valence-corrected chi connectivity index (χ1v) is 18.2. The lowest BCUT2D eigenvalue weighted by molar-refractivity contribution is 0.0696. The van der Waals surface area contributed by atoms with Crippen molar-refractivity contribution in [3.8, 4) is 22.3 Å². The molecule has 0 aliphatic heterocycles. The second-order valence-corrected chi connectivity index (χ2v) is 13.7. The summed E-state index contributed by atoms with van der Waals surface area (Å²) in [5.74, 6) is -1.14. The Labute approximate surface area is 327 Å². The highest BCUT2D eigenvalue weighted by molar-refractivity contribution is 6.30. The van der Waals surface area contributed by atoms with Crippen LogP contribution in [0.15, 0.2) is 146 Å². The average molecular weight is 769 g/mol. The second kappa shape index (κ2) is 16.8. The van der Waals surface area contributed by atoms with E-state index in [0.717, 1.165) is 55.2 Å². The monoisotopic (exact) mass is 767 g/mol. The van der Waals surface area contributed by atoms with E-state index in [1.165, 1.54) is 0 Å². The fourth-order valence-electron chi connectivity index (χ4n) is 6.41. The van der Waals surface area contributed by atoms with E-state index in [-0.39, 0.29) is 24.6 Å². The van der Waals surface area contributed by atoms with Crippen molar-refractivity contribution in [3.63, 3.8) is 0 Å². The van der Waals surface area contributed by atoms with Gasteiger partial charge in [0, 0.05) is 45.3 Å². The van der Waals surface area contributed by atoms with Gasteiger partial charge in [-0.1, -0.05) is 96.0 Å². The molecule has 2 aromatic heterocycles. The van der Waals surface area contributed by atoms with Gasteiger partial charge in [0.2, 0.25) is 0 Å². The van der Waals surface area contributed by atoms with E-state index in [0.29, 0.717) is 28.7 Å². The fourth-order valence-corrected chi connectivity index (χ4v) is 6.84. The van der Waals surface area contributed by atoms with Crippen LogP contribution in [0.5, 0.6) is 0 Å². The van der Waals surface area contributed by atoms with Crippen molar-refractivity contribution in [2.75, 3.05) is 13.2 Å². The number of aliphatic hydroxyl groups excluding tert-OH is 1. The van der Waals surface area contributed by atoms with Gasteiger partial charge >= 0.3 is 5.97 Å². The molecule has 6 aromatic carbocycles. The molecule has 8 rings (SSSR count). The summed E-state index contributed by atoms with van der Waals surface area (Å²) in [6.45, 7) is 1.38. The maximum atomic E-state index is 12.2. The molecule has 274 valence electrons. The van der Waals surface area contributed by atoms with Crippen LogP contribution >= 0.6 is 23.2 Å². The van der Waals surface area contributed by atoms with Gasteiger partial charge in [-0.05, 0) is 94.0 Å². The number of carboxylic acid groups (broad SMARTS) is 1. The number of rotatable bonds is 10. The van der Waals surface area contributed by atoms with Crippen LogP contribution in [0.25, 0.3) is 44.1 Å². The number of amides is 1. The van der Waals surface area contributed by atoms with E-state index in [9.17, 15) is 14.7 Å². The molecule has 0 saturated carbocycles. The number of hydrogen-bond acceptors (Lipinski definition) is 5. The quantitative estimate of drug-likeness (QED) is 0.128. The molecule has 11 heteroatoms. The van der Waals surface area contributed by atoms with Gasteiger partial charge in [-0.15, -0.1) is 0 Å². The van der Waals surface area contributed by atoms with Gasteiger partial charge in [0.15, 0.2) is 0 Å². The maximum Gasteiger partial charge on any atom is 0.335 e. The molecular weight excluding hydrogens is 733 g/mol. The van der Waals surface area contributed by atoms with Crippen molar-refractivity contribution in [1.82, 2.24) is 24.9 Å². The number of nitrogens with zero attached hydrogens (tertiary/aromatic N) is 4. The first-order chi connectivity index (χ1) is 26.7. The van der Waals surface area contributed by atoms with E-state index in [4.69, 9.17) is 28.3 Å². The third kappa shape index (κ3) is 8.93. The van der Waals surface area contributed by atoms with Crippen LogP contribution in [0.1, 0.15) is 31.8 Å². The summed E-state index contributed by atoms with van der Waals surface area (Å²) < 4.78 is 3.78. The van der Waals surface area contributed by atoms with Crippen LogP contribution in [-0.4, -0.2) is 54.8 Å². The number of carbonyl (C=O) groups excluding carboxylic acids is 1. The molecular formula is C44H35Cl2N5O4. The Bertz CT molecular complexity index is 2650. The van der Waals surface area contributed by atoms with Crippen LogP contribution in [-0.2, 0) is 13.1 Å². The number of fused-ring (bicyclic) bond motifs is 2. The highest BCUT2D eigenvalue weighted by atomic mass is 35.5. The van der Waals surface area contributed by atoms with Crippen LogP contribution in [0.3, 0.4) is 0 Å². The van der Waals surface area contributed by atoms with Crippen molar-refractivity contribution in [1.29, 1.82) is 0 Å². The minimum absolute atomic E-state index is 0.0868. The van der Waals surface area contributed by atoms with Crippen LogP contribution in [0.2, 0.25) is 10.0 Å². The number of aromatic carboxylic acids is 1. The first kappa shape index (κ1) is 37.1. The lowest BCUT2D eigenvalue weighted by Crippen LogP contribution is -2.26. The number of aliphatic hydroxyl groups is 1. The summed E-state index contributed by atoms with van der Waals surface area (Å²) in [5.41, 5.74) is 8.50. The topological polar surface area (TPSA) is 122 Å². The van der Waals surface area contributed by atoms with Gasteiger partial charge in [-0.3, -0.25) is 14.2 Å². The van der Waals surface area contributed by atoms with Crippen LogP contribution in [0.4, 0.5) is 0 Å². The maximum absolute atomic E-state index is 12.2. The van der Waals surface area contributed by atoms with Gasteiger partial charge < -0.3 is 15.5 Å². The predicted octanol–water partition coefficient (Wildman–Crippen LogP) is 9.23. The molecule has 0 aliphatic rings. The molecule has 9 nitrogen and oxygen atoms in total. The third-order valence-electron chi connectivity index (χ3n) is 8.92. The van der Waals surface area contributed by atoms with Crippen molar-refractivity contribution >= 4 is 56.9 Å². The van der Waals surface area contributed by atoms with E-state index in [2.05, 4.69) is 15.5 Å². The summed E-state index contributed by atoms with van der Waals surface area (Å²) in [6, 6.07) is 41.7. The van der Waals surface area contributed by atoms with Crippen molar-refractivity contribution in [2.45, 2.75) is 13.1 Å². The molecule has 0 spiro atoms. The van der Waals surface area contributed by atoms with Gasteiger partial charge in [-0.2, -0.15) is 10.2 Å². The van der Waals surface area contributed by atoms with Gasteiger partial charge in [0.25, 0.3) is 5.91 Å². The molecule has 3 N–H and O–H groups in total. The molecule has 0 radical (unpaired) electrons. The molecule has 1 amide bonds. The Balaban J connectivity index is 0.000000170. The molecule has 0 fully saturated rings. The summed E-state index contributed by atoms with van der Waals surface area (Å²) in [7, 11) is 0. The average Bonchev–Trinajstić information content (AvgIpc) is 3.80. The summed E-state index contributed by atoms with van der Waals surface area (Å²) in [5, 5.41) is 33.6. The van der Waals surface area contributed by atoms with Crippen LogP contribution < -0.4 is 5.32 Å². The number of hydrogen-bond donors (Lipinski definition) is 3. The Morgan fingerprint density at radius 3 is 1.56 bits per heavy atom. The molecule has 8 aromatic rings. The molecule has 55 heavy (non-hydrogen) atoms. The largest absolute Gasteiger partial charge is 0.478 e. The Morgan fingerprint density at radius 1 is 0.600 bits per heavy atom. The van der Waals surface area contributed by atoms with Crippen LogP contribution in [0, 0.1) is 0 Å². The lowest BCUT2D eigenvalue weighted by Gasteiger charge is -2.07. The first-order valence-electron chi connectivity index (χ1n) is 17.5. The smallest absolute Gasteiger partial charge is 0.335 e. The molecule has 0 aliphatic carbocycles. The minimum atomic E-state index is -0.935. The molecule has 0 bridgehead atoms. The summed E-state index contributed by atoms with van der Waals surface area (Å²) in [6.07, 6.45) is 4.00. The minimum Gasteiger partial charge on any atom is -0.478 e. The zero-order valence-corrected chi connectivity index (χ0v) is 31.0. The van der Waals surface area contributed by atoms with Gasteiger partial charge in [0.05, 0.1) is 36.3 Å². The predicted molar refractivity (Wildman–Crippen MR) is 218 cm³/mol.